The first-order valence-electron chi connectivity index (χ1n) is 20.9. The third kappa shape index (κ3) is 13.9. The molecule has 0 unspecified atom stereocenters. The molecule has 4 rings (SSSR count). The highest BCUT2D eigenvalue weighted by atomic mass is 16.7. The van der Waals surface area contributed by atoms with Crippen LogP contribution in [0.1, 0.15) is 71.9 Å². The van der Waals surface area contributed by atoms with Gasteiger partial charge in [-0.25, -0.2) is 0 Å². The monoisotopic (exact) mass is 835 g/mol. The Morgan fingerprint density at radius 1 is 0.800 bits per heavy atom. The molecule has 2 heterocycles. The van der Waals surface area contributed by atoms with Crippen molar-refractivity contribution in [3.05, 3.63) is 71.8 Å². The fraction of sp³-hybridized carbons (Fsp3) is 0.591. The number of aliphatic imine (C=N–C) groups is 1. The van der Waals surface area contributed by atoms with Crippen molar-refractivity contribution in [3.63, 3.8) is 0 Å². The van der Waals surface area contributed by atoms with Crippen LogP contribution in [0.3, 0.4) is 0 Å². The van der Waals surface area contributed by atoms with Crippen molar-refractivity contribution >= 4 is 35.8 Å². The van der Waals surface area contributed by atoms with Crippen molar-refractivity contribution in [2.45, 2.75) is 121 Å². The minimum absolute atomic E-state index is 0.0315. The lowest BCUT2D eigenvalue weighted by Crippen LogP contribution is -2.69. The van der Waals surface area contributed by atoms with Gasteiger partial charge < -0.3 is 46.7 Å². The van der Waals surface area contributed by atoms with Gasteiger partial charge in [-0.05, 0) is 62.5 Å². The molecule has 16 heteroatoms. The SMILES string of the molecule is CC(C)C[C@H](NC(=O)[C@H](CCc1ccccc1)NC(=O)CN1CCOCC1)C(=O)N[C@@H](Cc1ccccc1)C(=O)N[C@@H](CC(C)C)[C@]1(O)O[C@H](C)[C@@H](C(N)=O)N=C[C@@]1(C)O. The van der Waals surface area contributed by atoms with Gasteiger partial charge in [-0.3, -0.25) is 33.9 Å². The van der Waals surface area contributed by atoms with E-state index < -0.39 is 71.3 Å². The topological polar surface area (TPSA) is 234 Å². The fourth-order valence-corrected chi connectivity index (χ4v) is 7.44. The number of rotatable bonds is 20. The second kappa shape index (κ2) is 22.2. The van der Waals surface area contributed by atoms with E-state index in [4.69, 9.17) is 15.2 Å². The number of morpholine rings is 1. The maximum atomic E-state index is 14.5. The normalized spacial score (nSPS) is 24.1. The summed E-state index contributed by atoms with van der Waals surface area (Å²) in [5.41, 5.74) is 5.04. The van der Waals surface area contributed by atoms with E-state index in [0.717, 1.165) is 11.8 Å². The lowest BCUT2D eigenvalue weighted by Gasteiger charge is -2.45. The quantitative estimate of drug-likeness (QED) is 0.100. The smallest absolute Gasteiger partial charge is 0.244 e. The maximum Gasteiger partial charge on any atom is 0.244 e. The summed E-state index contributed by atoms with van der Waals surface area (Å²) in [7, 11) is 0. The minimum Gasteiger partial charge on any atom is -0.379 e. The molecule has 5 amide bonds. The first-order valence-corrected chi connectivity index (χ1v) is 20.9. The molecule has 0 radical (unpaired) electrons. The van der Waals surface area contributed by atoms with E-state index >= 15 is 0 Å². The first-order chi connectivity index (χ1) is 28.4. The van der Waals surface area contributed by atoms with E-state index in [-0.39, 0.29) is 50.0 Å². The molecular formula is C44H65N7O9. The Balaban J connectivity index is 1.60. The number of hydrogen-bond acceptors (Lipinski definition) is 11. The molecule has 60 heavy (non-hydrogen) atoms. The van der Waals surface area contributed by atoms with E-state index in [2.05, 4.69) is 26.3 Å². The van der Waals surface area contributed by atoms with Crippen molar-refractivity contribution in [2.24, 2.45) is 22.6 Å². The Morgan fingerprint density at radius 2 is 1.35 bits per heavy atom. The number of carbonyl (C=O) groups is 5. The van der Waals surface area contributed by atoms with Crippen LogP contribution in [0.2, 0.25) is 0 Å². The Hall–Kier alpha value is -4.74. The molecule has 8 atom stereocenters. The molecule has 0 aliphatic carbocycles. The van der Waals surface area contributed by atoms with Crippen LogP contribution in [0, 0.1) is 11.8 Å². The van der Waals surface area contributed by atoms with Gasteiger partial charge in [-0.2, -0.15) is 0 Å². The van der Waals surface area contributed by atoms with Gasteiger partial charge in [-0.15, -0.1) is 0 Å². The summed E-state index contributed by atoms with van der Waals surface area (Å²) in [6, 6.07) is 12.8. The van der Waals surface area contributed by atoms with Gasteiger partial charge in [0.1, 0.15) is 18.1 Å². The van der Waals surface area contributed by atoms with Crippen LogP contribution in [0.15, 0.2) is 65.7 Å². The summed E-state index contributed by atoms with van der Waals surface area (Å²) >= 11 is 0. The van der Waals surface area contributed by atoms with E-state index in [9.17, 15) is 34.2 Å². The molecule has 1 fully saturated rings. The number of aliphatic hydroxyl groups is 2. The number of nitrogens with zero attached hydrogens (tertiary/aromatic N) is 2. The van der Waals surface area contributed by atoms with Crippen LogP contribution in [0.25, 0.3) is 0 Å². The van der Waals surface area contributed by atoms with Crippen molar-refractivity contribution in [1.82, 2.24) is 26.2 Å². The summed E-state index contributed by atoms with van der Waals surface area (Å²) < 4.78 is 11.4. The molecule has 2 aliphatic heterocycles. The number of nitrogens with two attached hydrogens (primary N) is 1. The minimum atomic E-state index is -2.49. The van der Waals surface area contributed by atoms with Crippen molar-refractivity contribution in [3.8, 4) is 0 Å². The van der Waals surface area contributed by atoms with E-state index in [1.165, 1.54) is 13.8 Å². The Bertz CT molecular complexity index is 1750. The summed E-state index contributed by atoms with van der Waals surface area (Å²) in [5, 5.41) is 35.2. The number of amides is 5. The lowest BCUT2D eigenvalue weighted by atomic mass is 9.84. The maximum absolute atomic E-state index is 14.5. The van der Waals surface area contributed by atoms with E-state index in [1.807, 2.05) is 69.0 Å². The summed E-state index contributed by atoms with van der Waals surface area (Å²) in [6.45, 7) is 12.6. The van der Waals surface area contributed by atoms with Gasteiger partial charge in [0.15, 0.2) is 11.6 Å². The van der Waals surface area contributed by atoms with Crippen LogP contribution in [-0.4, -0.2) is 131 Å². The highest BCUT2D eigenvalue weighted by Crippen LogP contribution is 2.34. The Labute approximate surface area is 353 Å². The second-order valence-corrected chi connectivity index (χ2v) is 17.0. The van der Waals surface area contributed by atoms with Crippen molar-refractivity contribution in [1.29, 1.82) is 0 Å². The van der Waals surface area contributed by atoms with Gasteiger partial charge in [0.05, 0.1) is 31.9 Å². The van der Waals surface area contributed by atoms with Crippen LogP contribution in [0.4, 0.5) is 0 Å². The zero-order valence-corrected chi connectivity index (χ0v) is 35.8. The zero-order chi connectivity index (χ0) is 44.0. The van der Waals surface area contributed by atoms with Crippen molar-refractivity contribution in [2.75, 3.05) is 32.8 Å². The average molecular weight is 836 g/mol. The van der Waals surface area contributed by atoms with Crippen LogP contribution in [-0.2, 0) is 46.3 Å². The van der Waals surface area contributed by atoms with Gasteiger partial charge in [-0.1, -0.05) is 88.4 Å². The zero-order valence-electron chi connectivity index (χ0n) is 35.8. The van der Waals surface area contributed by atoms with Gasteiger partial charge in [0, 0.05) is 25.7 Å². The molecule has 330 valence electrons. The molecule has 0 saturated carbocycles. The number of primary amides is 1. The largest absolute Gasteiger partial charge is 0.379 e. The second-order valence-electron chi connectivity index (χ2n) is 17.0. The summed E-state index contributed by atoms with van der Waals surface area (Å²) in [6.07, 6.45) is 1.05. The number of aryl methyl sites for hydroxylation is 1. The molecular weight excluding hydrogens is 771 g/mol. The molecule has 1 saturated heterocycles. The Kier molecular flexibility index (Phi) is 17.7. The van der Waals surface area contributed by atoms with E-state index in [1.54, 1.807) is 24.3 Å². The third-order valence-corrected chi connectivity index (χ3v) is 10.8. The number of nitrogens with one attached hydrogen (secondary N) is 4. The molecule has 2 aromatic carbocycles. The molecule has 0 bridgehead atoms. The van der Waals surface area contributed by atoms with Crippen molar-refractivity contribution < 1.29 is 43.7 Å². The molecule has 0 aromatic heterocycles. The predicted octanol–water partition coefficient (Wildman–Crippen LogP) is 1.01. The number of carbonyl (C=O) groups excluding carboxylic acids is 5. The molecule has 16 nitrogen and oxygen atoms in total. The van der Waals surface area contributed by atoms with Crippen LogP contribution < -0.4 is 27.0 Å². The van der Waals surface area contributed by atoms with Crippen LogP contribution in [0.5, 0.6) is 0 Å². The summed E-state index contributed by atoms with van der Waals surface area (Å²) in [4.78, 5) is 74.4. The lowest BCUT2D eigenvalue weighted by molar-refractivity contribution is -0.301. The standard InChI is InChI=1S/C44H65N7O9/c1-28(2)23-34(48-40(54)33(18-17-31-13-9-7-10-14-31)47-37(52)26-51-19-21-59-22-20-51)41(55)49-35(25-32-15-11-8-12-16-32)42(56)50-36(24-29(3)4)44(58)43(6,57)27-46-38(39(45)53)30(5)60-44/h7-16,27-30,33-36,38,57-58H,17-26H2,1-6H3,(H2,45,53)(H,47,52)(H,48,54)(H,49,55)(H,50,56)/t30-,33+,34+,35+,36+,38+,43-,44+/m1/s1. The van der Waals surface area contributed by atoms with E-state index in [0.29, 0.717) is 38.3 Å². The summed E-state index contributed by atoms with van der Waals surface area (Å²) in [5.74, 6) is -5.71. The molecule has 8 N–H and O–H groups in total. The fourth-order valence-electron chi connectivity index (χ4n) is 7.44. The third-order valence-electron chi connectivity index (χ3n) is 10.8. The number of ether oxygens (including phenoxy) is 2. The number of benzene rings is 2. The molecule has 2 aliphatic rings. The van der Waals surface area contributed by atoms with Gasteiger partial charge >= 0.3 is 0 Å². The molecule has 2 aromatic rings. The first kappa shape index (κ1) is 47.9. The van der Waals surface area contributed by atoms with Gasteiger partial charge in [0.25, 0.3) is 0 Å². The van der Waals surface area contributed by atoms with Crippen LogP contribution >= 0.6 is 0 Å². The predicted molar refractivity (Wildman–Crippen MR) is 226 cm³/mol. The number of hydrogen-bond donors (Lipinski definition) is 7. The Morgan fingerprint density at radius 3 is 1.93 bits per heavy atom. The highest BCUT2D eigenvalue weighted by molar-refractivity contribution is 5.94. The highest BCUT2D eigenvalue weighted by Gasteiger charge is 2.56. The van der Waals surface area contributed by atoms with Gasteiger partial charge in [0.2, 0.25) is 35.3 Å². The molecule has 0 spiro atoms. The average Bonchev–Trinajstić information content (AvgIpc) is 3.28.